The summed E-state index contributed by atoms with van der Waals surface area (Å²) in [6, 6.07) is 16.1. The normalized spacial score (nSPS) is 11.6. The molecule has 0 fully saturated rings. The zero-order valence-corrected chi connectivity index (χ0v) is 15.3. The second kappa shape index (κ2) is 9.91. The summed E-state index contributed by atoms with van der Waals surface area (Å²) in [7, 11) is 0. The molecule has 2 N–H and O–H groups in total. The van der Waals surface area contributed by atoms with Crippen LogP contribution in [0.15, 0.2) is 66.7 Å². The van der Waals surface area contributed by atoms with Gasteiger partial charge in [-0.05, 0) is 37.6 Å². The number of benzene rings is 2. The highest BCUT2D eigenvalue weighted by atomic mass is 16.5. The summed E-state index contributed by atoms with van der Waals surface area (Å²) < 4.78 is 4.71. The number of nitrogens with one attached hydrogen (secondary N) is 2. The Kier molecular flexibility index (Phi) is 7.31. The Morgan fingerprint density at radius 3 is 2.48 bits per heavy atom. The van der Waals surface area contributed by atoms with Gasteiger partial charge in [-0.1, -0.05) is 36.4 Å². The van der Waals surface area contributed by atoms with E-state index >= 15 is 0 Å². The molecule has 27 heavy (non-hydrogen) atoms. The molecule has 6 heteroatoms. The molecule has 0 aliphatic heterocycles. The highest BCUT2D eigenvalue weighted by Crippen LogP contribution is 2.15. The molecule has 2 amide bonds. The Morgan fingerprint density at radius 1 is 1.04 bits per heavy atom. The van der Waals surface area contributed by atoms with Crippen LogP contribution in [0, 0.1) is 0 Å². The van der Waals surface area contributed by atoms with Gasteiger partial charge in [0.2, 0.25) is 5.91 Å². The number of carbonyl (C=O) groups excluding carboxylic acids is 3. The van der Waals surface area contributed by atoms with Crippen molar-refractivity contribution in [3.63, 3.8) is 0 Å². The predicted molar refractivity (Wildman–Crippen MR) is 103 cm³/mol. The third-order valence-corrected chi connectivity index (χ3v) is 3.70. The maximum atomic E-state index is 12.5. The van der Waals surface area contributed by atoms with Crippen LogP contribution in [0.4, 0.5) is 5.69 Å². The molecule has 2 aromatic carbocycles. The Labute approximate surface area is 158 Å². The number of amides is 2. The number of esters is 1. The average molecular weight is 366 g/mol. The third-order valence-electron chi connectivity index (χ3n) is 3.70. The van der Waals surface area contributed by atoms with Crippen molar-refractivity contribution in [1.29, 1.82) is 0 Å². The molecule has 2 aromatic rings. The first-order chi connectivity index (χ1) is 13.0. The predicted octanol–water partition coefficient (Wildman–Crippen LogP) is 3.24. The van der Waals surface area contributed by atoms with Crippen molar-refractivity contribution in [2.24, 2.45) is 0 Å². The first-order valence-electron chi connectivity index (χ1n) is 8.61. The lowest BCUT2D eigenvalue weighted by molar-refractivity contribution is -0.137. The van der Waals surface area contributed by atoms with Crippen LogP contribution in [0.5, 0.6) is 0 Å². The molecule has 2 rings (SSSR count). The van der Waals surface area contributed by atoms with E-state index in [2.05, 4.69) is 10.6 Å². The average Bonchev–Trinajstić information content (AvgIpc) is 2.67. The van der Waals surface area contributed by atoms with Gasteiger partial charge in [0, 0.05) is 23.4 Å². The van der Waals surface area contributed by atoms with Crippen LogP contribution in [0.1, 0.15) is 35.8 Å². The van der Waals surface area contributed by atoms with Gasteiger partial charge in [-0.3, -0.25) is 9.59 Å². The summed E-state index contributed by atoms with van der Waals surface area (Å²) in [5.74, 6) is -1.32. The molecule has 140 valence electrons. The van der Waals surface area contributed by atoms with Gasteiger partial charge in [-0.15, -0.1) is 0 Å². The van der Waals surface area contributed by atoms with E-state index in [1.807, 2.05) is 37.3 Å². The zero-order valence-electron chi connectivity index (χ0n) is 15.3. The quantitative estimate of drug-likeness (QED) is 0.582. The fourth-order valence-corrected chi connectivity index (χ4v) is 2.36. The smallest absolute Gasteiger partial charge is 0.330 e. The van der Waals surface area contributed by atoms with E-state index in [0.717, 1.165) is 17.7 Å². The monoisotopic (exact) mass is 366 g/mol. The molecule has 1 unspecified atom stereocenters. The number of rotatable bonds is 7. The molecule has 0 heterocycles. The maximum Gasteiger partial charge on any atom is 0.330 e. The summed E-state index contributed by atoms with van der Waals surface area (Å²) in [4.78, 5) is 35.5. The molecule has 0 bridgehead atoms. The van der Waals surface area contributed by atoms with Crippen LogP contribution in [0.3, 0.4) is 0 Å². The van der Waals surface area contributed by atoms with Gasteiger partial charge in [0.25, 0.3) is 5.91 Å². The molecule has 0 aliphatic rings. The minimum Gasteiger partial charge on any atom is -0.463 e. The lowest BCUT2D eigenvalue weighted by Gasteiger charge is -2.14. The summed E-state index contributed by atoms with van der Waals surface area (Å²) in [6.07, 6.45) is 2.14. The van der Waals surface area contributed by atoms with E-state index in [-0.39, 0.29) is 18.6 Å². The summed E-state index contributed by atoms with van der Waals surface area (Å²) in [6.45, 7) is 3.82. The van der Waals surface area contributed by atoms with Crippen LogP contribution in [-0.4, -0.2) is 24.4 Å². The minimum absolute atomic E-state index is 0.149. The van der Waals surface area contributed by atoms with Gasteiger partial charge in [-0.25, -0.2) is 4.79 Å². The summed E-state index contributed by atoms with van der Waals surface area (Å²) in [5.41, 5.74) is 1.87. The Balaban J connectivity index is 1.99. The van der Waals surface area contributed by atoms with Crippen molar-refractivity contribution < 1.29 is 19.1 Å². The summed E-state index contributed by atoms with van der Waals surface area (Å²) in [5, 5.41) is 5.53. The van der Waals surface area contributed by atoms with Gasteiger partial charge in [-0.2, -0.15) is 0 Å². The number of ether oxygens (including phenoxy) is 1. The molecule has 0 saturated carbocycles. The van der Waals surface area contributed by atoms with Gasteiger partial charge >= 0.3 is 5.97 Å². The van der Waals surface area contributed by atoms with Crippen molar-refractivity contribution in [1.82, 2.24) is 5.32 Å². The van der Waals surface area contributed by atoms with E-state index in [4.69, 9.17) is 4.74 Å². The standard InChI is InChI=1S/C21H22N2O4/c1-3-27-20(25)13-12-19(24)23-18-11-7-10-17(14-18)21(26)22-15(2)16-8-5-4-6-9-16/h4-15H,3H2,1-2H3,(H,22,26)(H,23,24)/b13-12+. The molecule has 0 spiro atoms. The first kappa shape index (κ1) is 19.9. The van der Waals surface area contributed by atoms with E-state index in [1.54, 1.807) is 31.2 Å². The number of hydrogen-bond donors (Lipinski definition) is 2. The first-order valence-corrected chi connectivity index (χ1v) is 8.61. The van der Waals surface area contributed by atoms with Crippen molar-refractivity contribution in [3.05, 3.63) is 77.9 Å². The van der Waals surface area contributed by atoms with Gasteiger partial charge in [0.15, 0.2) is 0 Å². The Hall–Kier alpha value is -3.41. The second-order valence-electron chi connectivity index (χ2n) is 5.76. The maximum absolute atomic E-state index is 12.5. The van der Waals surface area contributed by atoms with Crippen molar-refractivity contribution >= 4 is 23.5 Å². The van der Waals surface area contributed by atoms with Crippen LogP contribution in [0.25, 0.3) is 0 Å². The van der Waals surface area contributed by atoms with E-state index in [0.29, 0.717) is 11.3 Å². The lowest BCUT2D eigenvalue weighted by atomic mass is 10.1. The highest BCUT2D eigenvalue weighted by Gasteiger charge is 2.12. The van der Waals surface area contributed by atoms with Gasteiger partial charge in [0.05, 0.1) is 12.6 Å². The zero-order chi connectivity index (χ0) is 19.6. The lowest BCUT2D eigenvalue weighted by Crippen LogP contribution is -2.26. The number of hydrogen-bond acceptors (Lipinski definition) is 4. The molecule has 6 nitrogen and oxygen atoms in total. The molecular formula is C21H22N2O4. The second-order valence-corrected chi connectivity index (χ2v) is 5.76. The van der Waals surface area contributed by atoms with Crippen molar-refractivity contribution in [2.75, 3.05) is 11.9 Å². The largest absolute Gasteiger partial charge is 0.463 e. The van der Waals surface area contributed by atoms with Crippen LogP contribution >= 0.6 is 0 Å². The Morgan fingerprint density at radius 2 is 1.78 bits per heavy atom. The van der Waals surface area contributed by atoms with Gasteiger partial charge in [0.1, 0.15) is 0 Å². The molecule has 0 radical (unpaired) electrons. The molecule has 0 aromatic heterocycles. The highest BCUT2D eigenvalue weighted by molar-refractivity contribution is 6.03. The SMILES string of the molecule is CCOC(=O)/C=C/C(=O)Nc1cccc(C(=O)NC(C)c2ccccc2)c1. The minimum atomic E-state index is -0.587. The van der Waals surface area contributed by atoms with Gasteiger partial charge < -0.3 is 15.4 Å². The molecular weight excluding hydrogens is 344 g/mol. The number of carbonyl (C=O) groups is 3. The fourth-order valence-electron chi connectivity index (χ4n) is 2.36. The topological polar surface area (TPSA) is 84.5 Å². The van der Waals surface area contributed by atoms with E-state index in [1.165, 1.54) is 0 Å². The molecule has 0 aliphatic carbocycles. The molecule has 1 atom stereocenters. The number of anilines is 1. The van der Waals surface area contributed by atoms with Crippen molar-refractivity contribution in [2.45, 2.75) is 19.9 Å². The fraction of sp³-hybridized carbons (Fsp3) is 0.190. The Bertz CT molecular complexity index is 831. The van der Waals surface area contributed by atoms with Crippen LogP contribution < -0.4 is 10.6 Å². The van der Waals surface area contributed by atoms with E-state index < -0.39 is 11.9 Å². The van der Waals surface area contributed by atoms with Crippen LogP contribution in [0.2, 0.25) is 0 Å². The summed E-state index contributed by atoms with van der Waals surface area (Å²) >= 11 is 0. The third kappa shape index (κ3) is 6.43. The van der Waals surface area contributed by atoms with Crippen LogP contribution in [-0.2, 0) is 14.3 Å². The van der Waals surface area contributed by atoms with Crippen molar-refractivity contribution in [3.8, 4) is 0 Å². The van der Waals surface area contributed by atoms with E-state index in [9.17, 15) is 14.4 Å². The molecule has 0 saturated heterocycles.